The van der Waals surface area contributed by atoms with Gasteiger partial charge >= 0.3 is 0 Å². The molecule has 1 aromatic carbocycles. The monoisotopic (exact) mass is 367 g/mol. The summed E-state index contributed by atoms with van der Waals surface area (Å²) in [5.74, 6) is -0.245. The fourth-order valence-electron chi connectivity index (χ4n) is 2.77. The Labute approximate surface area is 150 Å². The molecule has 0 fully saturated rings. The van der Waals surface area contributed by atoms with Gasteiger partial charge in [0.15, 0.2) is 5.69 Å². The van der Waals surface area contributed by atoms with E-state index in [9.17, 15) is 14.4 Å². The van der Waals surface area contributed by atoms with E-state index in [0.29, 0.717) is 26.8 Å². The van der Waals surface area contributed by atoms with Crippen LogP contribution in [-0.2, 0) is 7.05 Å². The number of hydrogen-bond donors (Lipinski definition) is 1. The van der Waals surface area contributed by atoms with Crippen molar-refractivity contribution in [2.24, 2.45) is 7.05 Å². The molecule has 0 saturated heterocycles. The lowest BCUT2D eigenvalue weighted by Gasteiger charge is -2.12. The summed E-state index contributed by atoms with van der Waals surface area (Å²) < 4.78 is 2.20. The van der Waals surface area contributed by atoms with E-state index in [0.717, 1.165) is 9.36 Å². The molecule has 9 heteroatoms. The molecule has 0 aliphatic carbocycles. The Balaban J connectivity index is 1.86. The van der Waals surface area contributed by atoms with Gasteiger partial charge in [-0.15, -0.1) is 11.3 Å². The first-order valence-electron chi connectivity index (χ1n) is 7.71. The third-order valence-corrected chi connectivity index (χ3v) is 4.86. The Morgan fingerprint density at radius 3 is 2.58 bits per heavy atom. The largest absolute Gasteiger partial charge is 0.291 e. The van der Waals surface area contributed by atoms with Gasteiger partial charge in [0.25, 0.3) is 17.0 Å². The summed E-state index contributed by atoms with van der Waals surface area (Å²) in [5.41, 5.74) is 1.94. The summed E-state index contributed by atoms with van der Waals surface area (Å²) in [5, 5.41) is 7.07. The van der Waals surface area contributed by atoms with E-state index in [1.807, 2.05) is 0 Å². The number of amides is 1. The van der Waals surface area contributed by atoms with Gasteiger partial charge in [-0.3, -0.25) is 19.8 Å². The SMILES string of the molecule is Cc1nc2sccc2c(=O)n1NC(=O)c1nn(C)c(=O)c2ccccc12. The van der Waals surface area contributed by atoms with Gasteiger partial charge in [0, 0.05) is 12.4 Å². The van der Waals surface area contributed by atoms with Crippen molar-refractivity contribution in [2.45, 2.75) is 6.92 Å². The van der Waals surface area contributed by atoms with Crippen molar-refractivity contribution in [3.05, 3.63) is 67.9 Å². The second kappa shape index (κ2) is 5.88. The van der Waals surface area contributed by atoms with E-state index in [1.165, 1.54) is 18.4 Å². The molecule has 26 heavy (non-hydrogen) atoms. The Morgan fingerprint density at radius 2 is 1.81 bits per heavy atom. The molecule has 1 N–H and O–H groups in total. The van der Waals surface area contributed by atoms with Gasteiger partial charge in [0.05, 0.1) is 10.8 Å². The molecule has 8 nitrogen and oxygen atoms in total. The molecule has 0 aliphatic heterocycles. The van der Waals surface area contributed by atoms with Gasteiger partial charge < -0.3 is 0 Å². The molecule has 3 aromatic heterocycles. The first-order valence-corrected chi connectivity index (χ1v) is 8.59. The van der Waals surface area contributed by atoms with E-state index >= 15 is 0 Å². The Kier molecular flexibility index (Phi) is 3.66. The van der Waals surface area contributed by atoms with Crippen molar-refractivity contribution in [3.8, 4) is 0 Å². The highest BCUT2D eigenvalue weighted by atomic mass is 32.1. The van der Waals surface area contributed by atoms with E-state index in [1.54, 1.807) is 42.6 Å². The maximum Gasteiger partial charge on any atom is 0.291 e. The molecule has 1 amide bonds. The van der Waals surface area contributed by atoms with Crippen LogP contribution >= 0.6 is 11.3 Å². The highest BCUT2D eigenvalue weighted by molar-refractivity contribution is 7.16. The molecule has 4 aromatic rings. The van der Waals surface area contributed by atoms with Crippen LogP contribution in [-0.4, -0.2) is 25.3 Å². The zero-order chi connectivity index (χ0) is 18.4. The fraction of sp³-hybridized carbons (Fsp3) is 0.118. The van der Waals surface area contributed by atoms with Crippen LogP contribution in [0.3, 0.4) is 0 Å². The Hall–Kier alpha value is -3.33. The first kappa shape index (κ1) is 16.2. The minimum atomic E-state index is -0.599. The van der Waals surface area contributed by atoms with Gasteiger partial charge in [0.2, 0.25) is 0 Å². The lowest BCUT2D eigenvalue weighted by atomic mass is 10.1. The third kappa shape index (κ3) is 2.40. The number of carbonyl (C=O) groups excluding carboxylic acids is 1. The topological polar surface area (TPSA) is 98.9 Å². The molecule has 4 rings (SSSR count). The van der Waals surface area contributed by atoms with Crippen molar-refractivity contribution in [2.75, 3.05) is 5.43 Å². The van der Waals surface area contributed by atoms with Gasteiger partial charge in [-0.2, -0.15) is 5.10 Å². The number of nitrogens with one attached hydrogen (secondary N) is 1. The molecule has 0 unspecified atom stereocenters. The minimum absolute atomic E-state index is 0.0550. The summed E-state index contributed by atoms with van der Waals surface area (Å²) in [6, 6.07) is 8.38. The van der Waals surface area contributed by atoms with Gasteiger partial charge in [-0.1, -0.05) is 18.2 Å². The van der Waals surface area contributed by atoms with E-state index in [2.05, 4.69) is 15.5 Å². The van der Waals surface area contributed by atoms with Crippen molar-refractivity contribution >= 4 is 38.2 Å². The predicted octanol–water partition coefficient (Wildman–Crippen LogP) is 1.40. The molecule has 0 radical (unpaired) electrons. The first-order chi connectivity index (χ1) is 12.5. The number of thiophene rings is 1. The average Bonchev–Trinajstić information content (AvgIpc) is 3.10. The number of rotatable bonds is 2. The highest BCUT2D eigenvalue weighted by Crippen LogP contribution is 2.15. The van der Waals surface area contributed by atoms with Crippen LogP contribution in [0.25, 0.3) is 21.0 Å². The summed E-state index contributed by atoms with van der Waals surface area (Å²) in [4.78, 5) is 42.5. The number of nitrogens with zero attached hydrogens (tertiary/aromatic N) is 4. The highest BCUT2D eigenvalue weighted by Gasteiger charge is 2.18. The summed E-state index contributed by atoms with van der Waals surface area (Å²) in [6.07, 6.45) is 0. The van der Waals surface area contributed by atoms with Crippen LogP contribution in [0.2, 0.25) is 0 Å². The molecule has 3 heterocycles. The van der Waals surface area contributed by atoms with Crippen molar-refractivity contribution in [3.63, 3.8) is 0 Å². The Morgan fingerprint density at radius 1 is 1.08 bits per heavy atom. The van der Waals surface area contributed by atoms with Crippen LogP contribution in [0.5, 0.6) is 0 Å². The second-order valence-electron chi connectivity index (χ2n) is 5.70. The number of aryl methyl sites for hydroxylation is 2. The van der Waals surface area contributed by atoms with Crippen molar-refractivity contribution < 1.29 is 4.79 Å². The number of aromatic nitrogens is 4. The quantitative estimate of drug-likeness (QED) is 0.577. The third-order valence-electron chi connectivity index (χ3n) is 4.05. The number of carbonyl (C=O) groups is 1. The maximum absolute atomic E-state index is 12.8. The number of fused-ring (bicyclic) bond motifs is 2. The van der Waals surface area contributed by atoms with Crippen LogP contribution in [0.15, 0.2) is 45.3 Å². The lowest BCUT2D eigenvalue weighted by Crippen LogP contribution is -2.36. The molecule has 0 aliphatic rings. The zero-order valence-electron chi connectivity index (χ0n) is 13.9. The van der Waals surface area contributed by atoms with E-state index in [4.69, 9.17) is 0 Å². The predicted molar refractivity (Wildman–Crippen MR) is 99.3 cm³/mol. The molecule has 0 bridgehead atoms. The van der Waals surface area contributed by atoms with E-state index < -0.39 is 5.91 Å². The van der Waals surface area contributed by atoms with Gasteiger partial charge in [0.1, 0.15) is 10.7 Å². The zero-order valence-corrected chi connectivity index (χ0v) is 14.7. The maximum atomic E-state index is 12.8. The summed E-state index contributed by atoms with van der Waals surface area (Å²) in [6.45, 7) is 1.63. The smallest absolute Gasteiger partial charge is 0.267 e. The number of benzene rings is 1. The van der Waals surface area contributed by atoms with Crippen LogP contribution in [0.1, 0.15) is 16.3 Å². The van der Waals surface area contributed by atoms with Crippen molar-refractivity contribution in [1.29, 1.82) is 0 Å². The molecule has 0 saturated carbocycles. The Bertz CT molecular complexity index is 1300. The molecule has 130 valence electrons. The molecular weight excluding hydrogens is 354 g/mol. The fourth-order valence-corrected chi connectivity index (χ4v) is 3.57. The molecule has 0 atom stereocenters. The van der Waals surface area contributed by atoms with Crippen LogP contribution in [0.4, 0.5) is 0 Å². The summed E-state index contributed by atoms with van der Waals surface area (Å²) in [7, 11) is 1.47. The second-order valence-corrected chi connectivity index (χ2v) is 6.60. The molecule has 0 spiro atoms. The van der Waals surface area contributed by atoms with Gasteiger partial charge in [-0.25, -0.2) is 14.3 Å². The molecular formula is C17H13N5O3S. The van der Waals surface area contributed by atoms with Crippen LogP contribution in [0, 0.1) is 6.92 Å². The van der Waals surface area contributed by atoms with E-state index in [-0.39, 0.29) is 16.8 Å². The van der Waals surface area contributed by atoms with Gasteiger partial charge in [-0.05, 0) is 24.4 Å². The standard InChI is InChI=1S/C17H13N5O3S/c1-9-18-15-12(7-8-26-15)17(25)22(9)20-14(23)13-10-5-3-4-6-11(10)16(24)21(2)19-13/h3-8H,1-2H3,(H,20,23). The average molecular weight is 367 g/mol. The number of hydrogen-bond acceptors (Lipinski definition) is 6. The lowest BCUT2D eigenvalue weighted by molar-refractivity contribution is 0.100. The summed E-state index contributed by atoms with van der Waals surface area (Å²) >= 11 is 1.36. The van der Waals surface area contributed by atoms with Crippen LogP contribution < -0.4 is 16.5 Å². The van der Waals surface area contributed by atoms with Crippen molar-refractivity contribution in [1.82, 2.24) is 19.4 Å². The normalized spacial score (nSPS) is 11.2. The minimum Gasteiger partial charge on any atom is -0.267 e.